The van der Waals surface area contributed by atoms with Gasteiger partial charge < -0.3 is 15.7 Å². The Hall–Kier alpha value is -1.55. The maximum atomic E-state index is 10.9. The fourth-order valence-electron chi connectivity index (χ4n) is 1.54. The van der Waals surface area contributed by atoms with Crippen molar-refractivity contribution < 1.29 is 9.90 Å². The molecule has 0 bridgehead atoms. The van der Waals surface area contributed by atoms with Crippen LogP contribution in [0.1, 0.15) is 25.5 Å². The van der Waals surface area contributed by atoms with Gasteiger partial charge in [-0.15, -0.1) is 0 Å². The van der Waals surface area contributed by atoms with Gasteiger partial charge in [0.05, 0.1) is 12.6 Å². The number of carbonyl (C=O) groups excluding carboxylic acids is 1. The lowest BCUT2D eigenvalue weighted by Crippen LogP contribution is -2.33. The number of nitrogens with two attached hydrogens (primary N) is 1. The van der Waals surface area contributed by atoms with Crippen LogP contribution >= 0.6 is 0 Å². The van der Waals surface area contributed by atoms with E-state index < -0.39 is 6.10 Å². The van der Waals surface area contributed by atoms with Crippen molar-refractivity contribution in [1.29, 1.82) is 0 Å². The summed E-state index contributed by atoms with van der Waals surface area (Å²) in [6.45, 7) is 4.61. The van der Waals surface area contributed by atoms with Gasteiger partial charge in [-0.3, -0.25) is 4.79 Å². The number of anilines is 1. The van der Waals surface area contributed by atoms with Gasteiger partial charge in [-0.2, -0.15) is 0 Å². The Morgan fingerprint density at radius 2 is 2.00 bits per heavy atom. The first-order valence-corrected chi connectivity index (χ1v) is 5.36. The number of likely N-dealkylation sites (N-methyl/N-ethyl adjacent to an activating group) is 1. The third-order valence-electron chi connectivity index (χ3n) is 2.47. The SMILES string of the molecule is CCN(CC(N)=O)c1ccc([C@H](C)O)cc1. The molecule has 1 atom stereocenters. The minimum absolute atomic E-state index is 0.213. The number of amides is 1. The van der Waals surface area contributed by atoms with Crippen LogP contribution in [0.5, 0.6) is 0 Å². The fraction of sp³-hybridized carbons (Fsp3) is 0.417. The number of rotatable bonds is 5. The van der Waals surface area contributed by atoms with Gasteiger partial charge in [0.15, 0.2) is 0 Å². The summed E-state index contributed by atoms with van der Waals surface area (Å²) in [5, 5.41) is 9.37. The second kappa shape index (κ2) is 5.51. The maximum absolute atomic E-state index is 10.9. The monoisotopic (exact) mass is 222 g/mol. The van der Waals surface area contributed by atoms with Crippen LogP contribution in [0.2, 0.25) is 0 Å². The van der Waals surface area contributed by atoms with Crippen molar-refractivity contribution in [3.05, 3.63) is 29.8 Å². The zero-order valence-electron chi connectivity index (χ0n) is 9.68. The first-order chi connectivity index (χ1) is 7.54. The van der Waals surface area contributed by atoms with Gasteiger partial charge in [-0.05, 0) is 31.5 Å². The van der Waals surface area contributed by atoms with Gasteiger partial charge in [0.2, 0.25) is 5.91 Å². The van der Waals surface area contributed by atoms with Crippen molar-refractivity contribution >= 4 is 11.6 Å². The van der Waals surface area contributed by atoms with E-state index in [9.17, 15) is 9.90 Å². The van der Waals surface area contributed by atoms with Crippen LogP contribution in [-0.4, -0.2) is 24.1 Å². The number of carbonyl (C=O) groups is 1. The second-order valence-corrected chi connectivity index (χ2v) is 3.75. The Morgan fingerprint density at radius 1 is 1.44 bits per heavy atom. The highest BCUT2D eigenvalue weighted by Gasteiger charge is 2.07. The number of nitrogens with zero attached hydrogens (tertiary/aromatic N) is 1. The van der Waals surface area contributed by atoms with Crippen LogP contribution in [-0.2, 0) is 4.79 Å². The third kappa shape index (κ3) is 3.24. The molecule has 0 aliphatic heterocycles. The minimum atomic E-state index is -0.472. The molecule has 0 radical (unpaired) electrons. The van der Waals surface area contributed by atoms with Crippen LogP contribution < -0.4 is 10.6 Å². The zero-order chi connectivity index (χ0) is 12.1. The summed E-state index contributed by atoms with van der Waals surface area (Å²) in [5.74, 6) is -0.346. The molecule has 1 aromatic rings. The minimum Gasteiger partial charge on any atom is -0.389 e. The Labute approximate surface area is 95.7 Å². The average molecular weight is 222 g/mol. The fourth-order valence-corrected chi connectivity index (χ4v) is 1.54. The van der Waals surface area contributed by atoms with E-state index in [-0.39, 0.29) is 12.5 Å². The van der Waals surface area contributed by atoms with Crippen molar-refractivity contribution in [1.82, 2.24) is 0 Å². The summed E-state index contributed by atoms with van der Waals surface area (Å²) in [6, 6.07) is 7.47. The molecule has 4 nitrogen and oxygen atoms in total. The molecule has 0 aromatic heterocycles. The summed E-state index contributed by atoms with van der Waals surface area (Å²) in [4.78, 5) is 12.7. The van der Waals surface area contributed by atoms with Crippen molar-refractivity contribution in [3.63, 3.8) is 0 Å². The van der Waals surface area contributed by atoms with Gasteiger partial charge in [-0.25, -0.2) is 0 Å². The molecule has 0 aliphatic carbocycles. The maximum Gasteiger partial charge on any atom is 0.236 e. The quantitative estimate of drug-likeness (QED) is 0.782. The number of aliphatic hydroxyl groups excluding tert-OH is 1. The topological polar surface area (TPSA) is 66.6 Å². The molecule has 0 unspecified atom stereocenters. The number of aliphatic hydroxyl groups is 1. The second-order valence-electron chi connectivity index (χ2n) is 3.75. The number of hydrogen-bond acceptors (Lipinski definition) is 3. The van der Waals surface area contributed by atoms with E-state index >= 15 is 0 Å². The van der Waals surface area contributed by atoms with Crippen LogP contribution in [0.25, 0.3) is 0 Å². The average Bonchev–Trinajstić information content (AvgIpc) is 2.25. The summed E-state index contributed by atoms with van der Waals surface area (Å²) >= 11 is 0. The molecule has 0 saturated carbocycles. The van der Waals surface area contributed by atoms with E-state index in [4.69, 9.17) is 5.73 Å². The predicted octanol–water partition coefficient (Wildman–Crippen LogP) is 1.05. The number of benzene rings is 1. The third-order valence-corrected chi connectivity index (χ3v) is 2.47. The van der Waals surface area contributed by atoms with Crippen LogP contribution in [0.15, 0.2) is 24.3 Å². The molecule has 3 N–H and O–H groups in total. The first kappa shape index (κ1) is 12.5. The Balaban J connectivity index is 2.82. The lowest BCUT2D eigenvalue weighted by molar-refractivity contribution is -0.116. The van der Waals surface area contributed by atoms with Crippen molar-refractivity contribution in [2.45, 2.75) is 20.0 Å². The molecule has 1 aromatic carbocycles. The molecule has 0 heterocycles. The van der Waals surface area contributed by atoms with Gasteiger partial charge >= 0.3 is 0 Å². The van der Waals surface area contributed by atoms with E-state index in [1.165, 1.54) is 0 Å². The lowest BCUT2D eigenvalue weighted by Gasteiger charge is -2.21. The van der Waals surface area contributed by atoms with Crippen molar-refractivity contribution in [3.8, 4) is 0 Å². The molecule has 0 saturated heterocycles. The number of primary amides is 1. The summed E-state index contributed by atoms with van der Waals surface area (Å²) < 4.78 is 0. The molecule has 1 rings (SSSR count). The Kier molecular flexibility index (Phi) is 4.31. The van der Waals surface area contributed by atoms with Gasteiger partial charge in [0.1, 0.15) is 0 Å². The van der Waals surface area contributed by atoms with Crippen LogP contribution in [0.4, 0.5) is 5.69 Å². The van der Waals surface area contributed by atoms with Crippen LogP contribution in [0.3, 0.4) is 0 Å². The van der Waals surface area contributed by atoms with E-state index in [1.54, 1.807) is 6.92 Å². The molecule has 0 spiro atoms. The molecule has 88 valence electrons. The molecule has 0 aliphatic rings. The summed E-state index contributed by atoms with van der Waals surface area (Å²) in [7, 11) is 0. The predicted molar refractivity (Wildman–Crippen MR) is 64.2 cm³/mol. The van der Waals surface area contributed by atoms with E-state index in [0.717, 1.165) is 17.8 Å². The number of hydrogen-bond donors (Lipinski definition) is 2. The molecular weight excluding hydrogens is 204 g/mol. The first-order valence-electron chi connectivity index (χ1n) is 5.36. The Morgan fingerprint density at radius 3 is 2.38 bits per heavy atom. The normalized spacial score (nSPS) is 12.2. The standard InChI is InChI=1S/C12H18N2O2/c1-3-14(8-12(13)16)11-6-4-10(5-7-11)9(2)15/h4-7,9,15H,3,8H2,1-2H3,(H2,13,16)/t9-/m0/s1. The Bertz CT molecular complexity index is 347. The molecule has 4 heteroatoms. The van der Waals surface area contributed by atoms with Crippen molar-refractivity contribution in [2.75, 3.05) is 18.0 Å². The van der Waals surface area contributed by atoms with E-state index in [1.807, 2.05) is 36.1 Å². The van der Waals surface area contributed by atoms with Gasteiger partial charge in [0, 0.05) is 12.2 Å². The smallest absolute Gasteiger partial charge is 0.236 e. The van der Waals surface area contributed by atoms with Gasteiger partial charge in [0.25, 0.3) is 0 Å². The molecular formula is C12H18N2O2. The van der Waals surface area contributed by atoms with Crippen LogP contribution in [0, 0.1) is 0 Å². The highest BCUT2D eigenvalue weighted by Crippen LogP contribution is 2.18. The van der Waals surface area contributed by atoms with E-state index in [2.05, 4.69) is 0 Å². The van der Waals surface area contributed by atoms with Crippen molar-refractivity contribution in [2.24, 2.45) is 5.73 Å². The summed E-state index contributed by atoms with van der Waals surface area (Å²) in [5.41, 5.74) is 6.96. The van der Waals surface area contributed by atoms with Gasteiger partial charge in [-0.1, -0.05) is 12.1 Å². The molecule has 1 amide bonds. The highest BCUT2D eigenvalue weighted by atomic mass is 16.3. The molecule has 16 heavy (non-hydrogen) atoms. The molecule has 0 fully saturated rings. The zero-order valence-corrected chi connectivity index (χ0v) is 9.68. The lowest BCUT2D eigenvalue weighted by atomic mass is 10.1. The highest BCUT2D eigenvalue weighted by molar-refractivity contribution is 5.79. The summed E-state index contributed by atoms with van der Waals surface area (Å²) in [6.07, 6.45) is -0.472. The van der Waals surface area contributed by atoms with E-state index in [0.29, 0.717) is 0 Å². The largest absolute Gasteiger partial charge is 0.389 e.